The van der Waals surface area contributed by atoms with E-state index >= 15 is 0 Å². The number of carbonyl (C=O) groups is 2. The average Bonchev–Trinajstić information content (AvgIpc) is 2.71. The van der Waals surface area contributed by atoms with Gasteiger partial charge in [-0.2, -0.15) is 0 Å². The molecule has 0 spiro atoms. The number of nitrogens with one attached hydrogen (secondary N) is 1. The van der Waals surface area contributed by atoms with E-state index in [1.54, 1.807) is 26.8 Å². The molecule has 0 heterocycles. The van der Waals surface area contributed by atoms with Crippen LogP contribution in [0.15, 0.2) is 48.5 Å². The first-order valence-electron chi connectivity index (χ1n) is 10.2. The van der Waals surface area contributed by atoms with E-state index < -0.39 is 22.0 Å². The monoisotopic (exact) mass is 445 g/mol. The quantitative estimate of drug-likeness (QED) is 0.643. The Morgan fingerprint density at radius 3 is 2.29 bits per heavy atom. The summed E-state index contributed by atoms with van der Waals surface area (Å²) in [5.41, 5.74) is 2.94. The van der Waals surface area contributed by atoms with Gasteiger partial charge in [0.05, 0.1) is 11.9 Å². The van der Waals surface area contributed by atoms with Crippen LogP contribution in [-0.4, -0.2) is 50.5 Å². The van der Waals surface area contributed by atoms with Gasteiger partial charge < -0.3 is 10.2 Å². The van der Waals surface area contributed by atoms with Crippen LogP contribution in [0.2, 0.25) is 0 Å². The van der Waals surface area contributed by atoms with Crippen LogP contribution in [0, 0.1) is 13.8 Å². The van der Waals surface area contributed by atoms with Crippen LogP contribution < -0.4 is 9.62 Å². The molecule has 0 aliphatic carbocycles. The number of nitrogens with zero attached hydrogens (tertiary/aromatic N) is 2. The highest BCUT2D eigenvalue weighted by molar-refractivity contribution is 7.92. The molecule has 0 aromatic heterocycles. The van der Waals surface area contributed by atoms with Crippen molar-refractivity contribution in [3.63, 3.8) is 0 Å². The molecule has 1 N–H and O–H groups in total. The van der Waals surface area contributed by atoms with Gasteiger partial charge in [-0.05, 0) is 50.5 Å². The Kier molecular flexibility index (Phi) is 8.21. The summed E-state index contributed by atoms with van der Waals surface area (Å²) in [7, 11) is -3.73. The van der Waals surface area contributed by atoms with Crippen molar-refractivity contribution in [2.24, 2.45) is 0 Å². The highest BCUT2D eigenvalue weighted by Gasteiger charge is 2.30. The van der Waals surface area contributed by atoms with Gasteiger partial charge in [0.15, 0.2) is 0 Å². The van der Waals surface area contributed by atoms with Gasteiger partial charge >= 0.3 is 0 Å². The van der Waals surface area contributed by atoms with Gasteiger partial charge in [0.25, 0.3) is 0 Å². The number of aryl methyl sites for hydroxylation is 2. The van der Waals surface area contributed by atoms with Crippen molar-refractivity contribution in [3.8, 4) is 0 Å². The van der Waals surface area contributed by atoms with Crippen LogP contribution in [0.5, 0.6) is 0 Å². The molecule has 2 aromatic rings. The van der Waals surface area contributed by atoms with Crippen LogP contribution in [0.25, 0.3) is 0 Å². The summed E-state index contributed by atoms with van der Waals surface area (Å²) < 4.78 is 26.3. The number of hydrogen-bond acceptors (Lipinski definition) is 4. The molecule has 7 nitrogen and oxygen atoms in total. The Labute approximate surface area is 185 Å². The van der Waals surface area contributed by atoms with E-state index in [2.05, 4.69) is 5.32 Å². The fraction of sp³-hybridized carbons (Fsp3) is 0.391. The molecule has 0 unspecified atom stereocenters. The fourth-order valence-corrected chi connectivity index (χ4v) is 4.17. The summed E-state index contributed by atoms with van der Waals surface area (Å²) in [4.78, 5) is 27.3. The number of amides is 2. The van der Waals surface area contributed by atoms with Gasteiger partial charge in [-0.25, -0.2) is 8.42 Å². The number of carbonyl (C=O) groups excluding carboxylic acids is 2. The minimum absolute atomic E-state index is 0.197. The van der Waals surface area contributed by atoms with Gasteiger partial charge in [0.1, 0.15) is 12.6 Å². The smallest absolute Gasteiger partial charge is 0.244 e. The molecule has 2 rings (SSSR count). The topological polar surface area (TPSA) is 86.8 Å². The maximum atomic E-state index is 13.4. The zero-order chi connectivity index (χ0) is 23.2. The van der Waals surface area contributed by atoms with Crippen molar-refractivity contribution in [1.82, 2.24) is 10.2 Å². The van der Waals surface area contributed by atoms with E-state index in [1.807, 2.05) is 49.4 Å². The van der Waals surface area contributed by atoms with Gasteiger partial charge in [-0.15, -0.1) is 0 Å². The molecule has 0 fully saturated rings. The molecule has 0 saturated carbocycles. The minimum Gasteiger partial charge on any atom is -0.355 e. The largest absolute Gasteiger partial charge is 0.355 e. The van der Waals surface area contributed by atoms with Gasteiger partial charge in [-0.1, -0.05) is 42.5 Å². The van der Waals surface area contributed by atoms with Crippen LogP contribution in [-0.2, 0) is 26.2 Å². The first-order chi connectivity index (χ1) is 14.5. The lowest BCUT2D eigenvalue weighted by Gasteiger charge is -2.32. The van der Waals surface area contributed by atoms with Crippen molar-refractivity contribution in [1.29, 1.82) is 0 Å². The Bertz CT molecular complexity index is 1020. The molecule has 0 aliphatic rings. The van der Waals surface area contributed by atoms with Gasteiger partial charge in [-0.3, -0.25) is 13.9 Å². The SMILES string of the molecule is CCNC(=O)[C@H](C)N(Cc1ccccc1)C(=O)CN(c1cc(C)ccc1C)S(C)(=O)=O. The first-order valence-corrected chi connectivity index (χ1v) is 12.1. The lowest BCUT2D eigenvalue weighted by atomic mass is 10.1. The standard InChI is InChI=1S/C23H31N3O4S/c1-6-24-23(28)19(4)25(15-20-10-8-7-9-11-20)22(27)16-26(31(5,29)30)21-14-17(2)12-13-18(21)3/h7-14,19H,6,15-16H2,1-5H3,(H,24,28)/t19-/m0/s1. The summed E-state index contributed by atoms with van der Waals surface area (Å²) in [5, 5.41) is 2.73. The molecule has 0 bridgehead atoms. The maximum Gasteiger partial charge on any atom is 0.244 e. The lowest BCUT2D eigenvalue weighted by molar-refractivity contribution is -0.139. The van der Waals surface area contributed by atoms with Crippen molar-refractivity contribution >= 4 is 27.5 Å². The molecule has 0 radical (unpaired) electrons. The Hall–Kier alpha value is -2.87. The predicted molar refractivity (Wildman–Crippen MR) is 123 cm³/mol. The van der Waals surface area contributed by atoms with E-state index in [4.69, 9.17) is 0 Å². The van der Waals surface area contributed by atoms with E-state index in [9.17, 15) is 18.0 Å². The highest BCUT2D eigenvalue weighted by atomic mass is 32.2. The third-order valence-corrected chi connectivity index (χ3v) is 6.15. The number of likely N-dealkylation sites (N-methyl/N-ethyl adjacent to an activating group) is 1. The summed E-state index contributed by atoms with van der Waals surface area (Å²) >= 11 is 0. The number of rotatable bonds is 9. The molecule has 2 aromatic carbocycles. The van der Waals surface area contributed by atoms with Gasteiger partial charge in [0, 0.05) is 13.1 Å². The zero-order valence-electron chi connectivity index (χ0n) is 18.8. The van der Waals surface area contributed by atoms with Crippen molar-refractivity contribution in [2.75, 3.05) is 23.7 Å². The zero-order valence-corrected chi connectivity index (χ0v) is 19.6. The molecule has 0 saturated heterocycles. The molecular formula is C23H31N3O4S. The molecule has 0 aliphatic heterocycles. The van der Waals surface area contributed by atoms with Crippen molar-refractivity contribution in [3.05, 3.63) is 65.2 Å². The second-order valence-corrected chi connectivity index (χ2v) is 9.54. The number of anilines is 1. The molecule has 2 amide bonds. The fourth-order valence-electron chi connectivity index (χ4n) is 3.27. The molecule has 31 heavy (non-hydrogen) atoms. The minimum atomic E-state index is -3.73. The van der Waals surface area contributed by atoms with E-state index in [1.165, 1.54) is 4.90 Å². The van der Waals surface area contributed by atoms with Crippen LogP contribution in [0.3, 0.4) is 0 Å². The maximum absolute atomic E-state index is 13.4. The number of hydrogen-bond donors (Lipinski definition) is 1. The summed E-state index contributed by atoms with van der Waals surface area (Å²) in [6, 6.07) is 14.0. The third-order valence-electron chi connectivity index (χ3n) is 5.03. The normalized spacial score (nSPS) is 12.2. The lowest BCUT2D eigenvalue weighted by Crippen LogP contribution is -2.51. The predicted octanol–water partition coefficient (Wildman–Crippen LogP) is 2.62. The third kappa shape index (κ3) is 6.55. The van der Waals surface area contributed by atoms with E-state index in [-0.39, 0.29) is 19.0 Å². The highest BCUT2D eigenvalue weighted by Crippen LogP contribution is 2.24. The van der Waals surface area contributed by atoms with Crippen LogP contribution in [0.4, 0.5) is 5.69 Å². The van der Waals surface area contributed by atoms with Crippen molar-refractivity contribution < 1.29 is 18.0 Å². The molecular weight excluding hydrogens is 414 g/mol. The Morgan fingerprint density at radius 2 is 1.71 bits per heavy atom. The van der Waals surface area contributed by atoms with Crippen LogP contribution in [0.1, 0.15) is 30.5 Å². The Morgan fingerprint density at radius 1 is 1.06 bits per heavy atom. The van der Waals surface area contributed by atoms with Gasteiger partial charge in [0.2, 0.25) is 21.8 Å². The number of benzene rings is 2. The Balaban J connectivity index is 2.41. The van der Waals surface area contributed by atoms with Crippen molar-refractivity contribution in [2.45, 2.75) is 40.3 Å². The van der Waals surface area contributed by atoms with Crippen LogP contribution >= 0.6 is 0 Å². The number of sulfonamides is 1. The van der Waals surface area contributed by atoms with E-state index in [0.29, 0.717) is 12.2 Å². The summed E-state index contributed by atoms with van der Waals surface area (Å²) in [6.45, 7) is 7.37. The molecule has 8 heteroatoms. The van der Waals surface area contributed by atoms with E-state index in [0.717, 1.165) is 27.3 Å². The summed E-state index contributed by atoms with van der Waals surface area (Å²) in [6.07, 6.45) is 1.08. The average molecular weight is 446 g/mol. The molecule has 168 valence electrons. The molecule has 1 atom stereocenters. The first kappa shape index (κ1) is 24.4. The summed E-state index contributed by atoms with van der Waals surface area (Å²) in [5.74, 6) is -0.738. The second-order valence-electron chi connectivity index (χ2n) is 7.64. The second kappa shape index (κ2) is 10.4.